The van der Waals surface area contributed by atoms with Gasteiger partial charge in [0.05, 0.1) is 25.9 Å². The van der Waals surface area contributed by atoms with Crippen molar-refractivity contribution in [3.05, 3.63) is 12.2 Å². The van der Waals surface area contributed by atoms with Crippen LogP contribution in [0.2, 0.25) is 0 Å². The van der Waals surface area contributed by atoms with Gasteiger partial charge in [0.2, 0.25) is 0 Å². The van der Waals surface area contributed by atoms with E-state index < -0.39 is 11.9 Å². The van der Waals surface area contributed by atoms with Crippen molar-refractivity contribution in [2.24, 2.45) is 0 Å². The standard InChI is InChI=1S/C18H31NO5/c1-3-4-7-16(2)24-18(21)9-8-17(20)23-13-6-5-10-19-11-14-22-15-12-19/h8-9,16H,3-7,10-15H2,1-2H3/b9-8+. The third-order valence-corrected chi connectivity index (χ3v) is 3.85. The highest BCUT2D eigenvalue weighted by Gasteiger charge is 2.09. The van der Waals surface area contributed by atoms with Gasteiger partial charge >= 0.3 is 11.9 Å². The summed E-state index contributed by atoms with van der Waals surface area (Å²) in [5, 5.41) is 0. The fourth-order valence-electron chi connectivity index (χ4n) is 2.41. The van der Waals surface area contributed by atoms with Gasteiger partial charge in [-0.1, -0.05) is 19.8 Å². The zero-order valence-corrected chi connectivity index (χ0v) is 15.0. The van der Waals surface area contributed by atoms with Crippen LogP contribution in [0, 0.1) is 0 Å². The lowest BCUT2D eigenvalue weighted by molar-refractivity contribution is -0.143. The monoisotopic (exact) mass is 341 g/mol. The minimum absolute atomic E-state index is 0.127. The first kappa shape index (κ1) is 20.6. The second-order valence-electron chi connectivity index (χ2n) is 6.05. The van der Waals surface area contributed by atoms with Crippen molar-refractivity contribution in [1.29, 1.82) is 0 Å². The molecule has 0 amide bonds. The fraction of sp³-hybridized carbons (Fsp3) is 0.778. The van der Waals surface area contributed by atoms with Gasteiger partial charge in [-0.15, -0.1) is 0 Å². The highest BCUT2D eigenvalue weighted by atomic mass is 16.5. The summed E-state index contributed by atoms with van der Waals surface area (Å²) in [5.41, 5.74) is 0. The summed E-state index contributed by atoms with van der Waals surface area (Å²) in [7, 11) is 0. The van der Waals surface area contributed by atoms with E-state index in [9.17, 15) is 9.59 Å². The van der Waals surface area contributed by atoms with Gasteiger partial charge in [-0.05, 0) is 32.7 Å². The second kappa shape index (κ2) is 13.0. The van der Waals surface area contributed by atoms with Crippen molar-refractivity contribution in [2.75, 3.05) is 39.5 Å². The Morgan fingerprint density at radius 3 is 2.54 bits per heavy atom. The van der Waals surface area contributed by atoms with Crippen LogP contribution in [0.3, 0.4) is 0 Å². The molecule has 24 heavy (non-hydrogen) atoms. The maximum atomic E-state index is 11.5. The first-order valence-electron chi connectivity index (χ1n) is 8.97. The number of esters is 2. The SMILES string of the molecule is CCCCC(C)OC(=O)/C=C/C(=O)OCCCCN1CCOCC1. The molecule has 1 aliphatic heterocycles. The van der Waals surface area contributed by atoms with Crippen molar-refractivity contribution in [3.8, 4) is 0 Å². The lowest BCUT2D eigenvalue weighted by atomic mass is 10.2. The number of nitrogens with zero attached hydrogens (tertiary/aromatic N) is 1. The average molecular weight is 341 g/mol. The van der Waals surface area contributed by atoms with E-state index in [4.69, 9.17) is 14.2 Å². The minimum Gasteiger partial charge on any atom is -0.463 e. The maximum absolute atomic E-state index is 11.5. The van der Waals surface area contributed by atoms with Crippen LogP contribution < -0.4 is 0 Å². The molecule has 1 rings (SSSR count). The van der Waals surface area contributed by atoms with Gasteiger partial charge in [0, 0.05) is 25.2 Å². The normalized spacial score (nSPS) is 16.9. The van der Waals surface area contributed by atoms with Crippen molar-refractivity contribution >= 4 is 11.9 Å². The van der Waals surface area contributed by atoms with E-state index >= 15 is 0 Å². The minimum atomic E-state index is -0.500. The zero-order chi connectivity index (χ0) is 17.6. The molecule has 1 saturated heterocycles. The molecule has 6 heteroatoms. The molecular weight excluding hydrogens is 310 g/mol. The molecule has 0 radical (unpaired) electrons. The number of hydrogen-bond donors (Lipinski definition) is 0. The summed E-state index contributed by atoms with van der Waals surface area (Å²) in [4.78, 5) is 25.4. The molecule has 6 nitrogen and oxygen atoms in total. The van der Waals surface area contributed by atoms with E-state index in [0.717, 1.165) is 77.1 Å². The number of carbonyl (C=O) groups is 2. The summed E-state index contributed by atoms with van der Waals surface area (Å²) in [6.07, 6.45) is 6.86. The highest BCUT2D eigenvalue weighted by Crippen LogP contribution is 2.04. The molecule has 1 unspecified atom stereocenters. The summed E-state index contributed by atoms with van der Waals surface area (Å²) in [5.74, 6) is -0.998. The van der Waals surface area contributed by atoms with Gasteiger partial charge in [-0.25, -0.2) is 9.59 Å². The van der Waals surface area contributed by atoms with Crippen LogP contribution in [0.4, 0.5) is 0 Å². The number of hydrogen-bond acceptors (Lipinski definition) is 6. The second-order valence-corrected chi connectivity index (χ2v) is 6.05. The molecule has 1 aliphatic rings. The van der Waals surface area contributed by atoms with Gasteiger partial charge in [0.25, 0.3) is 0 Å². The van der Waals surface area contributed by atoms with E-state index in [-0.39, 0.29) is 6.10 Å². The van der Waals surface area contributed by atoms with Gasteiger partial charge in [-0.3, -0.25) is 4.90 Å². The number of carbonyl (C=O) groups excluding carboxylic acids is 2. The van der Waals surface area contributed by atoms with Crippen molar-refractivity contribution in [2.45, 2.75) is 52.1 Å². The predicted molar refractivity (Wildman–Crippen MR) is 91.7 cm³/mol. The molecule has 1 atom stereocenters. The molecule has 138 valence electrons. The molecule has 0 aromatic carbocycles. The van der Waals surface area contributed by atoms with Crippen LogP contribution in [-0.2, 0) is 23.8 Å². The molecule has 0 saturated carbocycles. The van der Waals surface area contributed by atoms with Crippen molar-refractivity contribution < 1.29 is 23.8 Å². The topological polar surface area (TPSA) is 65.1 Å². The Morgan fingerprint density at radius 1 is 1.12 bits per heavy atom. The van der Waals surface area contributed by atoms with Crippen LogP contribution in [0.1, 0.15) is 46.0 Å². The van der Waals surface area contributed by atoms with Crippen LogP contribution in [0.15, 0.2) is 12.2 Å². The first-order chi connectivity index (χ1) is 11.6. The Kier molecular flexibility index (Phi) is 11.1. The molecule has 1 heterocycles. The summed E-state index contributed by atoms with van der Waals surface area (Å²) in [6, 6.07) is 0. The zero-order valence-electron chi connectivity index (χ0n) is 15.0. The van der Waals surface area contributed by atoms with Gasteiger partial charge in [-0.2, -0.15) is 0 Å². The Balaban J connectivity index is 2.04. The number of rotatable bonds is 11. The van der Waals surface area contributed by atoms with E-state index in [1.165, 1.54) is 0 Å². The molecule has 0 spiro atoms. The van der Waals surface area contributed by atoms with Gasteiger partial charge in [0.1, 0.15) is 0 Å². The van der Waals surface area contributed by atoms with E-state index in [2.05, 4.69) is 11.8 Å². The van der Waals surface area contributed by atoms with E-state index in [1.54, 1.807) is 0 Å². The largest absolute Gasteiger partial charge is 0.463 e. The van der Waals surface area contributed by atoms with Crippen LogP contribution >= 0.6 is 0 Å². The number of ether oxygens (including phenoxy) is 3. The van der Waals surface area contributed by atoms with Crippen LogP contribution in [0.25, 0.3) is 0 Å². The molecule has 1 fully saturated rings. The molecule has 0 aromatic rings. The molecule has 0 N–H and O–H groups in total. The smallest absolute Gasteiger partial charge is 0.331 e. The summed E-state index contributed by atoms with van der Waals surface area (Å²) >= 11 is 0. The van der Waals surface area contributed by atoms with Crippen LogP contribution in [0.5, 0.6) is 0 Å². The first-order valence-corrected chi connectivity index (χ1v) is 8.97. The van der Waals surface area contributed by atoms with Gasteiger partial charge < -0.3 is 14.2 Å². The summed E-state index contributed by atoms with van der Waals surface area (Å²) in [6.45, 7) is 8.86. The summed E-state index contributed by atoms with van der Waals surface area (Å²) < 4.78 is 15.5. The average Bonchev–Trinajstić information content (AvgIpc) is 2.58. The maximum Gasteiger partial charge on any atom is 0.331 e. The Labute approximate surface area is 145 Å². The predicted octanol–water partition coefficient (Wildman–Crippen LogP) is 2.32. The Hall–Kier alpha value is -1.40. The molecular formula is C18H31NO5. The molecule has 0 bridgehead atoms. The van der Waals surface area contributed by atoms with Gasteiger partial charge in [0.15, 0.2) is 0 Å². The lowest BCUT2D eigenvalue weighted by Gasteiger charge is -2.26. The molecule has 0 aliphatic carbocycles. The Bertz CT molecular complexity index is 391. The van der Waals surface area contributed by atoms with Crippen molar-refractivity contribution in [3.63, 3.8) is 0 Å². The van der Waals surface area contributed by atoms with Crippen molar-refractivity contribution in [1.82, 2.24) is 4.90 Å². The third kappa shape index (κ3) is 10.4. The third-order valence-electron chi connectivity index (χ3n) is 3.85. The van der Waals surface area contributed by atoms with E-state index in [1.807, 2.05) is 6.92 Å². The number of unbranched alkanes of at least 4 members (excludes halogenated alkanes) is 2. The van der Waals surface area contributed by atoms with E-state index in [0.29, 0.717) is 6.61 Å². The molecule has 0 aromatic heterocycles. The van der Waals surface area contributed by atoms with Crippen LogP contribution in [-0.4, -0.2) is 62.4 Å². The quantitative estimate of drug-likeness (QED) is 0.326. The highest BCUT2D eigenvalue weighted by molar-refractivity contribution is 5.91. The Morgan fingerprint density at radius 2 is 1.83 bits per heavy atom. The fourth-order valence-corrected chi connectivity index (χ4v) is 2.41. The number of morpholine rings is 1. The lowest BCUT2D eigenvalue weighted by Crippen LogP contribution is -2.36.